The van der Waals surface area contributed by atoms with Crippen LogP contribution in [0.5, 0.6) is 0 Å². The summed E-state index contributed by atoms with van der Waals surface area (Å²) in [5.74, 6) is -2.12. The zero-order chi connectivity index (χ0) is 15.5. The topological polar surface area (TPSA) is 40.5 Å². The van der Waals surface area contributed by atoms with Crippen molar-refractivity contribution in [2.24, 2.45) is 0 Å². The van der Waals surface area contributed by atoms with Crippen LogP contribution in [-0.2, 0) is 0 Å². The molecule has 0 aliphatic carbocycles. The Kier molecular flexibility index (Phi) is 5.61. The van der Waals surface area contributed by atoms with Crippen molar-refractivity contribution in [2.75, 3.05) is 19.7 Å². The van der Waals surface area contributed by atoms with Crippen LogP contribution < -0.4 is 0 Å². The molecule has 0 radical (unpaired) electrons. The molecule has 0 aliphatic heterocycles. The number of nitrogens with zero attached hydrogens (tertiary/aromatic N) is 1. The number of halogens is 6. The molecule has 1 aromatic rings. The van der Waals surface area contributed by atoms with Crippen LogP contribution in [0, 0.1) is 5.82 Å². The summed E-state index contributed by atoms with van der Waals surface area (Å²) < 4.78 is 50.3. The summed E-state index contributed by atoms with van der Waals surface area (Å²) in [5.41, 5.74) is -0.453. The second-order valence-corrected chi connectivity index (χ2v) is 4.63. The van der Waals surface area contributed by atoms with E-state index in [1.54, 1.807) is 0 Å². The number of hydrogen-bond acceptors (Lipinski definition) is 2. The largest absolute Gasteiger partial charge is 0.406 e. The van der Waals surface area contributed by atoms with Crippen LogP contribution >= 0.6 is 23.2 Å². The van der Waals surface area contributed by atoms with Crippen molar-refractivity contribution in [1.82, 2.24) is 4.90 Å². The monoisotopic (exact) mass is 333 g/mol. The number of alkyl halides is 3. The number of rotatable bonds is 4. The fourth-order valence-electron chi connectivity index (χ4n) is 1.45. The third kappa shape index (κ3) is 4.50. The molecule has 0 saturated heterocycles. The average Bonchev–Trinajstić information content (AvgIpc) is 2.31. The molecule has 0 heterocycles. The fourth-order valence-corrected chi connectivity index (χ4v) is 1.91. The Balaban J connectivity index is 3.09. The van der Waals surface area contributed by atoms with Gasteiger partial charge in [0.15, 0.2) is 0 Å². The molecule has 0 unspecified atom stereocenters. The number of aliphatic hydroxyl groups is 1. The molecule has 0 fully saturated rings. The van der Waals surface area contributed by atoms with Crippen LogP contribution in [-0.4, -0.2) is 41.8 Å². The third-order valence-electron chi connectivity index (χ3n) is 2.27. The lowest BCUT2D eigenvalue weighted by Crippen LogP contribution is -2.40. The van der Waals surface area contributed by atoms with Gasteiger partial charge in [-0.15, -0.1) is 0 Å². The lowest BCUT2D eigenvalue weighted by atomic mass is 10.2. The summed E-state index contributed by atoms with van der Waals surface area (Å²) in [6.45, 7) is -2.80. The molecule has 20 heavy (non-hydrogen) atoms. The highest BCUT2D eigenvalue weighted by molar-refractivity contribution is 6.36. The first-order valence-electron chi connectivity index (χ1n) is 5.27. The zero-order valence-electron chi connectivity index (χ0n) is 9.85. The molecular formula is C11H9Cl2F4NO2. The van der Waals surface area contributed by atoms with E-state index in [4.69, 9.17) is 28.3 Å². The highest BCUT2D eigenvalue weighted by atomic mass is 35.5. The van der Waals surface area contributed by atoms with Crippen LogP contribution in [0.25, 0.3) is 0 Å². The predicted molar refractivity (Wildman–Crippen MR) is 65.5 cm³/mol. The second-order valence-electron chi connectivity index (χ2n) is 3.81. The maximum absolute atomic E-state index is 13.3. The number of aliphatic hydroxyl groups excluding tert-OH is 1. The van der Waals surface area contributed by atoms with Gasteiger partial charge in [0.05, 0.1) is 22.2 Å². The van der Waals surface area contributed by atoms with Gasteiger partial charge in [0, 0.05) is 6.54 Å². The molecule has 0 atom stereocenters. The molecule has 0 aliphatic rings. The molecule has 112 valence electrons. The second kappa shape index (κ2) is 6.60. The summed E-state index contributed by atoms with van der Waals surface area (Å²) in [6.07, 6.45) is -4.65. The van der Waals surface area contributed by atoms with E-state index < -0.39 is 43.2 Å². The first kappa shape index (κ1) is 17.0. The van der Waals surface area contributed by atoms with Gasteiger partial charge in [-0.1, -0.05) is 23.2 Å². The number of hydrogen-bond donors (Lipinski definition) is 1. The molecule has 1 aromatic carbocycles. The zero-order valence-corrected chi connectivity index (χ0v) is 11.4. The van der Waals surface area contributed by atoms with Crippen LogP contribution in [0.4, 0.5) is 17.6 Å². The van der Waals surface area contributed by atoms with Gasteiger partial charge in [0.25, 0.3) is 5.91 Å². The van der Waals surface area contributed by atoms with E-state index in [-0.39, 0.29) is 10.0 Å². The minimum atomic E-state index is -4.65. The number of benzene rings is 1. The van der Waals surface area contributed by atoms with Crippen molar-refractivity contribution in [2.45, 2.75) is 6.18 Å². The van der Waals surface area contributed by atoms with E-state index in [0.717, 1.165) is 6.07 Å². The minimum absolute atomic E-state index is 0.272. The maximum atomic E-state index is 13.3. The van der Waals surface area contributed by atoms with E-state index in [9.17, 15) is 22.4 Å². The van der Waals surface area contributed by atoms with Gasteiger partial charge in [-0.2, -0.15) is 13.2 Å². The van der Waals surface area contributed by atoms with Crippen molar-refractivity contribution < 1.29 is 27.5 Å². The Hall–Kier alpha value is -1.05. The standard InChI is InChI=1S/C11H9Cl2F4NO2/c12-7-4-8(13)9(14)3-6(7)10(20)18(1-2-19)5-11(15,16)17/h3-4,19H,1-2,5H2. The molecule has 0 spiro atoms. The Bertz CT molecular complexity index is 508. The summed E-state index contributed by atoms with van der Waals surface area (Å²) in [4.78, 5) is 12.2. The summed E-state index contributed by atoms with van der Waals surface area (Å²) >= 11 is 11.1. The third-order valence-corrected chi connectivity index (χ3v) is 2.87. The molecule has 1 rings (SSSR count). The molecule has 0 bridgehead atoms. The number of amides is 1. The SMILES string of the molecule is O=C(c1cc(F)c(Cl)cc1Cl)N(CCO)CC(F)(F)F. The van der Waals surface area contributed by atoms with E-state index >= 15 is 0 Å². The van der Waals surface area contributed by atoms with E-state index in [1.165, 1.54) is 0 Å². The van der Waals surface area contributed by atoms with E-state index in [1.807, 2.05) is 0 Å². The van der Waals surface area contributed by atoms with Crippen LogP contribution in [0.1, 0.15) is 10.4 Å². The van der Waals surface area contributed by atoms with Crippen LogP contribution in [0.2, 0.25) is 10.0 Å². The van der Waals surface area contributed by atoms with Gasteiger partial charge in [0.2, 0.25) is 0 Å². The smallest absolute Gasteiger partial charge is 0.395 e. The summed E-state index contributed by atoms with van der Waals surface area (Å²) in [6, 6.07) is 1.59. The van der Waals surface area contributed by atoms with Gasteiger partial charge in [-0.3, -0.25) is 4.79 Å². The lowest BCUT2D eigenvalue weighted by molar-refractivity contribution is -0.141. The van der Waals surface area contributed by atoms with Crippen LogP contribution in [0.15, 0.2) is 12.1 Å². The van der Waals surface area contributed by atoms with E-state index in [0.29, 0.717) is 11.0 Å². The van der Waals surface area contributed by atoms with Gasteiger partial charge < -0.3 is 10.0 Å². The Labute approximate surface area is 121 Å². The molecule has 3 nitrogen and oxygen atoms in total. The fraction of sp³-hybridized carbons (Fsp3) is 0.364. The van der Waals surface area contributed by atoms with Crippen molar-refractivity contribution in [3.05, 3.63) is 33.6 Å². The average molecular weight is 334 g/mol. The lowest BCUT2D eigenvalue weighted by Gasteiger charge is -2.23. The van der Waals surface area contributed by atoms with Crippen LogP contribution in [0.3, 0.4) is 0 Å². The van der Waals surface area contributed by atoms with Gasteiger partial charge in [-0.05, 0) is 12.1 Å². The summed E-state index contributed by atoms with van der Waals surface area (Å²) in [5, 5.41) is 8.09. The Morgan fingerprint density at radius 1 is 1.25 bits per heavy atom. The first-order chi connectivity index (χ1) is 9.15. The van der Waals surface area contributed by atoms with Crippen molar-refractivity contribution in [3.8, 4) is 0 Å². The Morgan fingerprint density at radius 3 is 2.35 bits per heavy atom. The molecule has 0 aromatic heterocycles. The Morgan fingerprint density at radius 2 is 1.85 bits per heavy atom. The molecule has 1 amide bonds. The minimum Gasteiger partial charge on any atom is -0.395 e. The quantitative estimate of drug-likeness (QED) is 0.679. The molecule has 9 heteroatoms. The van der Waals surface area contributed by atoms with Gasteiger partial charge in [-0.25, -0.2) is 4.39 Å². The maximum Gasteiger partial charge on any atom is 0.406 e. The summed E-state index contributed by atoms with van der Waals surface area (Å²) in [7, 11) is 0. The van der Waals surface area contributed by atoms with Gasteiger partial charge in [0.1, 0.15) is 12.4 Å². The first-order valence-corrected chi connectivity index (χ1v) is 6.02. The van der Waals surface area contributed by atoms with E-state index in [2.05, 4.69) is 0 Å². The molecule has 1 N–H and O–H groups in total. The predicted octanol–water partition coefficient (Wildman–Crippen LogP) is 3.13. The van der Waals surface area contributed by atoms with Crippen molar-refractivity contribution in [3.63, 3.8) is 0 Å². The highest BCUT2D eigenvalue weighted by Crippen LogP contribution is 2.26. The number of carbonyl (C=O) groups excluding carboxylic acids is 1. The highest BCUT2D eigenvalue weighted by Gasteiger charge is 2.33. The number of carbonyl (C=O) groups is 1. The molecular weight excluding hydrogens is 325 g/mol. The molecule has 0 saturated carbocycles. The normalized spacial score (nSPS) is 11.6. The van der Waals surface area contributed by atoms with Crippen molar-refractivity contribution >= 4 is 29.1 Å². The van der Waals surface area contributed by atoms with Crippen molar-refractivity contribution in [1.29, 1.82) is 0 Å². The van der Waals surface area contributed by atoms with Gasteiger partial charge >= 0.3 is 6.18 Å².